The smallest absolute Gasteiger partial charge is 0.327 e. The molecule has 0 bridgehead atoms. The maximum absolute atomic E-state index is 13.5. The molecule has 0 radical (unpaired) electrons. The summed E-state index contributed by atoms with van der Waals surface area (Å²) in [5, 5.41) is 5.83. The van der Waals surface area contributed by atoms with Gasteiger partial charge < -0.3 is 44.1 Å². The summed E-state index contributed by atoms with van der Waals surface area (Å²) in [5.74, 6) is -0.613. The number of esters is 2. The Morgan fingerprint density at radius 1 is 0.486 bits per heavy atom. The molecule has 0 aliphatic heterocycles. The number of hydrogen-bond donors (Lipinski definition) is 4. The topological polar surface area (TPSA) is 196 Å². The molecule has 2 atom stereocenters. The van der Waals surface area contributed by atoms with E-state index in [1.54, 1.807) is 0 Å². The maximum Gasteiger partial charge on any atom is 0.327 e. The number of amides is 2. The second-order valence-electron chi connectivity index (χ2n) is 19.1. The molecule has 0 saturated heterocycles. The van der Waals surface area contributed by atoms with Gasteiger partial charge in [0.05, 0.1) is 45.8 Å². The molecule has 0 fully saturated rings. The zero-order valence-corrected chi connectivity index (χ0v) is 46.5. The molecule has 2 amide bonds. The Morgan fingerprint density at radius 2 is 0.871 bits per heavy atom. The minimum atomic E-state index is -4.08. The first-order valence-electron chi connectivity index (χ1n) is 28.3. The van der Waals surface area contributed by atoms with Gasteiger partial charge in [0.2, 0.25) is 11.8 Å². The van der Waals surface area contributed by atoms with Crippen molar-refractivity contribution in [1.29, 1.82) is 0 Å². The van der Waals surface area contributed by atoms with E-state index < -0.39 is 19.7 Å². The van der Waals surface area contributed by atoms with Crippen LogP contribution in [-0.4, -0.2) is 116 Å². The molecule has 0 aromatic carbocycles. The number of nitrogens with one attached hydrogen (secondary N) is 2. The van der Waals surface area contributed by atoms with Crippen LogP contribution in [0.2, 0.25) is 0 Å². The lowest BCUT2D eigenvalue weighted by Gasteiger charge is -2.21. The van der Waals surface area contributed by atoms with Crippen molar-refractivity contribution >= 4 is 43.1 Å². The lowest BCUT2D eigenvalue weighted by atomic mass is 10.0. The molecule has 0 heterocycles. The standard InChI is InChI=1S/C54H105N2O12PS/c1-4-7-10-13-16-19-20-21-22-25-26-29-32-35-51(57)56-50(54(60)55-38-39-64-40-41-65-42-43-66-44-45-69(61,62)63)48-70-47-49(68-53(59)37-34-31-28-24-18-15-12-9-6-3)46-67-52(58)36-33-30-27-23-17-14-11-8-5-2/h49-50H,4-48H2,1-3H3,(H,55,60)(H,56,57)(H2,61,62,63)/t49-,50-/m1/s1. The van der Waals surface area contributed by atoms with Gasteiger partial charge >= 0.3 is 19.5 Å². The van der Waals surface area contributed by atoms with Crippen molar-refractivity contribution in [2.75, 3.05) is 70.5 Å². The van der Waals surface area contributed by atoms with Gasteiger partial charge in [0.15, 0.2) is 0 Å². The van der Waals surface area contributed by atoms with E-state index in [2.05, 4.69) is 31.4 Å². The third kappa shape index (κ3) is 51.2. The van der Waals surface area contributed by atoms with Gasteiger partial charge in [-0.2, -0.15) is 11.8 Å². The van der Waals surface area contributed by atoms with Gasteiger partial charge in [0, 0.05) is 37.3 Å². The molecule has 0 spiro atoms. The molecular formula is C54H105N2O12PS. The zero-order valence-electron chi connectivity index (χ0n) is 44.8. The Kier molecular flexibility index (Phi) is 50.8. The summed E-state index contributed by atoms with van der Waals surface area (Å²) >= 11 is 1.38. The monoisotopic (exact) mass is 1040 g/mol. The van der Waals surface area contributed by atoms with Crippen molar-refractivity contribution in [3.63, 3.8) is 0 Å². The molecular weight excluding hydrogens is 932 g/mol. The molecule has 16 heteroatoms. The summed E-state index contributed by atoms with van der Waals surface area (Å²) in [6.07, 6.45) is 36.3. The number of unbranched alkanes of at least 4 members (excludes halogenated alkanes) is 28. The Balaban J connectivity index is 5.19. The van der Waals surface area contributed by atoms with Gasteiger partial charge in [-0.05, 0) is 19.3 Å². The lowest BCUT2D eigenvalue weighted by molar-refractivity contribution is -0.157. The molecule has 0 aliphatic rings. The van der Waals surface area contributed by atoms with Crippen LogP contribution in [0.25, 0.3) is 0 Å². The third-order valence-corrected chi connectivity index (χ3v) is 14.2. The van der Waals surface area contributed by atoms with E-state index in [1.807, 2.05) is 0 Å². The van der Waals surface area contributed by atoms with E-state index in [-0.39, 0.29) is 88.5 Å². The largest absolute Gasteiger partial charge is 0.462 e. The van der Waals surface area contributed by atoms with Crippen molar-refractivity contribution in [3.8, 4) is 0 Å². The first-order chi connectivity index (χ1) is 34.0. The van der Waals surface area contributed by atoms with Crippen molar-refractivity contribution in [2.45, 2.75) is 251 Å². The number of hydrogen-bond acceptors (Lipinski definition) is 11. The summed E-state index contributed by atoms with van der Waals surface area (Å²) in [4.78, 5) is 70.3. The van der Waals surface area contributed by atoms with Crippen molar-refractivity contribution in [2.24, 2.45) is 0 Å². The van der Waals surface area contributed by atoms with Crippen LogP contribution in [0.1, 0.15) is 239 Å². The van der Waals surface area contributed by atoms with Gasteiger partial charge in [-0.15, -0.1) is 0 Å². The fourth-order valence-electron chi connectivity index (χ4n) is 7.94. The van der Waals surface area contributed by atoms with E-state index >= 15 is 0 Å². The van der Waals surface area contributed by atoms with Gasteiger partial charge in [-0.25, -0.2) is 0 Å². The first-order valence-corrected chi connectivity index (χ1v) is 31.2. The fraction of sp³-hybridized carbons (Fsp3) is 0.926. The number of carbonyl (C=O) groups is 4. The SMILES string of the molecule is CCCCCCCCCCCCCCCC(=O)N[C@H](CSC[C@@H](COC(=O)CCCCCCCCCCC)OC(=O)CCCCCCCCCCC)C(=O)NCCOCCOCCOCCP(=O)(O)O. The Bertz CT molecular complexity index is 1260. The average molecular weight is 1040 g/mol. The highest BCUT2D eigenvalue weighted by Gasteiger charge is 2.23. The summed E-state index contributed by atoms with van der Waals surface area (Å²) in [6.45, 7) is 8.03. The Labute approximate surface area is 431 Å². The second-order valence-corrected chi connectivity index (χ2v) is 22.0. The van der Waals surface area contributed by atoms with E-state index in [4.69, 9.17) is 33.5 Å². The average Bonchev–Trinajstić information content (AvgIpc) is 3.33. The predicted octanol–water partition coefficient (Wildman–Crippen LogP) is 12.3. The summed E-state index contributed by atoms with van der Waals surface area (Å²) < 4.78 is 38.7. The number of ether oxygens (including phenoxy) is 5. The molecule has 0 aromatic heterocycles. The summed E-state index contributed by atoms with van der Waals surface area (Å²) in [7, 11) is -4.08. The summed E-state index contributed by atoms with van der Waals surface area (Å²) in [5.41, 5.74) is 0. The molecule has 14 nitrogen and oxygen atoms in total. The number of thioether (sulfide) groups is 1. The zero-order chi connectivity index (χ0) is 51.4. The number of rotatable bonds is 55. The molecule has 70 heavy (non-hydrogen) atoms. The predicted molar refractivity (Wildman–Crippen MR) is 286 cm³/mol. The maximum atomic E-state index is 13.5. The van der Waals surface area contributed by atoms with Crippen LogP contribution in [0, 0.1) is 0 Å². The molecule has 0 unspecified atom stereocenters. The van der Waals surface area contributed by atoms with Crippen LogP contribution < -0.4 is 10.6 Å². The first kappa shape index (κ1) is 68.3. The van der Waals surface area contributed by atoms with Crippen LogP contribution in [0.4, 0.5) is 0 Å². The minimum Gasteiger partial charge on any atom is -0.462 e. The summed E-state index contributed by atoms with van der Waals surface area (Å²) in [6, 6.07) is -0.833. The highest BCUT2D eigenvalue weighted by molar-refractivity contribution is 7.99. The van der Waals surface area contributed by atoms with Crippen LogP contribution in [0.5, 0.6) is 0 Å². The van der Waals surface area contributed by atoms with Gasteiger partial charge in [0.25, 0.3) is 0 Å². The highest BCUT2D eigenvalue weighted by Crippen LogP contribution is 2.33. The third-order valence-electron chi connectivity index (χ3n) is 12.3. The normalized spacial score (nSPS) is 12.5. The van der Waals surface area contributed by atoms with Gasteiger partial charge in [-0.3, -0.25) is 23.7 Å². The van der Waals surface area contributed by atoms with Crippen LogP contribution in [0.15, 0.2) is 0 Å². The minimum absolute atomic E-state index is 0.0500. The van der Waals surface area contributed by atoms with Gasteiger partial charge in [0.1, 0.15) is 18.8 Å². The van der Waals surface area contributed by atoms with Crippen LogP contribution >= 0.6 is 19.4 Å². The molecule has 4 N–H and O–H groups in total. The molecule has 0 saturated carbocycles. The Morgan fingerprint density at radius 3 is 1.31 bits per heavy atom. The Hall–Kier alpha value is -1.74. The highest BCUT2D eigenvalue weighted by atomic mass is 32.2. The molecule has 0 aliphatic carbocycles. The van der Waals surface area contributed by atoms with E-state index in [9.17, 15) is 23.7 Å². The van der Waals surface area contributed by atoms with E-state index in [0.717, 1.165) is 57.8 Å². The van der Waals surface area contributed by atoms with Crippen molar-refractivity contribution < 1.29 is 57.2 Å². The number of carbonyl (C=O) groups excluding carboxylic acids is 4. The van der Waals surface area contributed by atoms with Crippen LogP contribution in [-0.2, 0) is 47.4 Å². The fourth-order valence-corrected chi connectivity index (χ4v) is 9.34. The molecule has 0 aromatic rings. The van der Waals surface area contributed by atoms with Gasteiger partial charge in [-0.1, -0.05) is 201 Å². The van der Waals surface area contributed by atoms with Crippen LogP contribution in [0.3, 0.4) is 0 Å². The lowest BCUT2D eigenvalue weighted by Crippen LogP contribution is -2.49. The van der Waals surface area contributed by atoms with E-state index in [0.29, 0.717) is 25.0 Å². The van der Waals surface area contributed by atoms with Crippen molar-refractivity contribution in [1.82, 2.24) is 10.6 Å². The second kappa shape index (κ2) is 52.1. The quantitative estimate of drug-likeness (QED) is 0.0255. The molecule has 0 rings (SSSR count). The van der Waals surface area contributed by atoms with Crippen molar-refractivity contribution in [3.05, 3.63) is 0 Å². The van der Waals surface area contributed by atoms with E-state index in [1.165, 1.54) is 153 Å². The molecule has 414 valence electrons.